The third-order valence-electron chi connectivity index (χ3n) is 22.5. The fourth-order valence-electron chi connectivity index (χ4n) is 15.3. The van der Waals surface area contributed by atoms with Crippen molar-refractivity contribution in [2.75, 3.05) is 138 Å². The maximum absolute atomic E-state index is 11.6. The minimum Gasteiger partial charge on any atom is -0.460 e. The van der Waals surface area contributed by atoms with E-state index < -0.39 is 0 Å². The van der Waals surface area contributed by atoms with Crippen LogP contribution >= 0.6 is 0 Å². The summed E-state index contributed by atoms with van der Waals surface area (Å²) >= 11 is 0. The number of carbonyl (C=O) groups is 1. The quantitative estimate of drug-likeness (QED) is 0.161. The Morgan fingerprint density at radius 3 is 1.04 bits per heavy atom. The summed E-state index contributed by atoms with van der Waals surface area (Å²) in [5.41, 5.74) is 11.0. The van der Waals surface area contributed by atoms with Crippen molar-refractivity contribution in [3.8, 4) is 0 Å². The zero-order valence-corrected chi connectivity index (χ0v) is 70.6. The third-order valence-corrected chi connectivity index (χ3v) is 22.5. The molecule has 9 rings (SSSR count). The first-order valence-electron chi connectivity index (χ1n) is 42.1. The second-order valence-corrected chi connectivity index (χ2v) is 35.4. The number of nitrogens with two attached hydrogens (primary N) is 2. The van der Waals surface area contributed by atoms with Crippen LogP contribution in [-0.4, -0.2) is 254 Å². The van der Waals surface area contributed by atoms with E-state index in [1.807, 2.05) is 20.8 Å². The molecule has 4 N–H and O–H groups in total. The summed E-state index contributed by atoms with van der Waals surface area (Å²) in [5, 5.41) is 0. The lowest BCUT2D eigenvalue weighted by Gasteiger charge is -2.37. The van der Waals surface area contributed by atoms with Gasteiger partial charge in [0.25, 0.3) is 0 Å². The van der Waals surface area contributed by atoms with Crippen LogP contribution in [0, 0.1) is 35.5 Å². The number of ether oxygens (including phenoxy) is 2. The molecule has 586 valence electrons. The molecule has 0 bridgehead atoms. The maximum Gasteiger partial charge on any atom is 0.306 e. The second-order valence-electron chi connectivity index (χ2n) is 35.4. The molecule has 14 heteroatoms. The molecule has 0 spiro atoms. The van der Waals surface area contributed by atoms with E-state index in [4.69, 9.17) is 20.9 Å². The van der Waals surface area contributed by atoms with Crippen LogP contribution < -0.4 is 11.5 Å². The summed E-state index contributed by atoms with van der Waals surface area (Å²) in [7, 11) is 0. The molecular formula is C84H177N11O3. The van der Waals surface area contributed by atoms with Crippen molar-refractivity contribution in [1.82, 2.24) is 44.1 Å². The molecule has 0 aliphatic carbocycles. The summed E-state index contributed by atoms with van der Waals surface area (Å²) in [6.07, 6.45) is 26.0. The zero-order chi connectivity index (χ0) is 73.9. The highest BCUT2D eigenvalue weighted by Crippen LogP contribution is 2.26. The van der Waals surface area contributed by atoms with Gasteiger partial charge in [-0.1, -0.05) is 47.0 Å². The first-order valence-corrected chi connectivity index (χ1v) is 42.1. The Hall–Kier alpha value is -1.01. The van der Waals surface area contributed by atoms with Gasteiger partial charge in [0.1, 0.15) is 5.60 Å². The number of hydrogen-bond acceptors (Lipinski definition) is 14. The number of piperidine rings is 8. The van der Waals surface area contributed by atoms with E-state index in [1.165, 1.54) is 220 Å². The molecule has 0 aromatic carbocycles. The van der Waals surface area contributed by atoms with Crippen LogP contribution in [0.15, 0.2) is 0 Å². The zero-order valence-electron chi connectivity index (χ0n) is 70.6. The van der Waals surface area contributed by atoms with Crippen molar-refractivity contribution in [1.29, 1.82) is 0 Å². The van der Waals surface area contributed by atoms with E-state index in [1.54, 1.807) is 0 Å². The third kappa shape index (κ3) is 46.1. The van der Waals surface area contributed by atoms with E-state index in [0.29, 0.717) is 42.5 Å². The first-order chi connectivity index (χ1) is 46.2. The number of hydrogen-bond donors (Lipinski definition) is 2. The molecule has 0 aromatic heterocycles. The number of likely N-dealkylation sites (tertiary alicyclic amines) is 8. The predicted molar refractivity (Wildman–Crippen MR) is 430 cm³/mol. The normalized spacial score (nSPS) is 24.9. The molecule has 9 heterocycles. The van der Waals surface area contributed by atoms with Crippen molar-refractivity contribution in [2.45, 2.75) is 368 Å². The van der Waals surface area contributed by atoms with Crippen molar-refractivity contribution in [3.05, 3.63) is 0 Å². The number of esters is 1. The van der Waals surface area contributed by atoms with E-state index >= 15 is 0 Å². The number of rotatable bonds is 14. The Labute approximate surface area is 613 Å². The summed E-state index contributed by atoms with van der Waals surface area (Å²) in [5.74, 6) is 5.16. The molecule has 4 unspecified atom stereocenters. The summed E-state index contributed by atoms with van der Waals surface area (Å²) in [6, 6.07) is 7.00. The lowest BCUT2D eigenvalue weighted by atomic mass is 9.91. The number of morpholine rings is 1. The van der Waals surface area contributed by atoms with Crippen LogP contribution in [0.2, 0.25) is 0 Å². The topological polar surface area (TPSA) is 117 Å². The van der Waals surface area contributed by atoms with Gasteiger partial charge in [-0.2, -0.15) is 0 Å². The Morgan fingerprint density at radius 2 is 0.714 bits per heavy atom. The van der Waals surface area contributed by atoms with Gasteiger partial charge in [-0.25, -0.2) is 0 Å². The SMILES string of the molecule is CC(C)N1CCC(CCC(=O)OC(C)(C)C)CC1.CC(C)N1CCC(CN)CC1.CC(C)N1CCC(N)CC1.CC(C)N1CCCCC1.CC(C)N1CCCCC1.CC(C)N1CCOCC1.CC1CC(C)CN(C(C)C)C1.CC1CCCN(C(C)C)C1.CCC1CCCN(C(C)C)C1. The van der Waals surface area contributed by atoms with Crippen LogP contribution in [-0.2, 0) is 14.3 Å². The van der Waals surface area contributed by atoms with Gasteiger partial charge < -0.3 is 60.1 Å². The molecule has 0 amide bonds. The highest BCUT2D eigenvalue weighted by atomic mass is 16.6. The lowest BCUT2D eigenvalue weighted by molar-refractivity contribution is -0.155. The van der Waals surface area contributed by atoms with Gasteiger partial charge in [0, 0.05) is 106 Å². The highest BCUT2D eigenvalue weighted by molar-refractivity contribution is 5.69. The van der Waals surface area contributed by atoms with Crippen LogP contribution in [0.5, 0.6) is 0 Å². The standard InChI is InChI=1S/C15H29NO2.2C10H21N.C9H20N2.C9H19N.C8H18N2.2C8H17N.C7H15NO/c1-12(2)16-10-8-13(9-11-16)6-7-14(17)18-15(3,4)5;1-8(2)11-6-9(3)5-10(4)7-11;1-4-10-6-5-7-11(8-10)9(2)3;1-8(2)11-5-3-9(7-10)4-6-11;1-8(2)10-6-4-5-9(3)7-10;1-7(2)10-5-3-8(9)4-6-10;2*1-8(2)9-6-4-3-5-7-9;1-7(2)8-3-5-9-6-4-8/h12-13H,6-11H2,1-5H3;8-10H,5-7H2,1-4H3;9-10H,4-8H2,1-3H3;8-9H,3-7,10H2,1-2H3;8-9H,4-7H2,1-3H3;7-8H,3-6,9H2,1-2H3;2*8H,3-7H2,1-2H3;7H,3-6H2,1-2H3. The van der Waals surface area contributed by atoms with Gasteiger partial charge in [-0.05, 0) is 369 Å². The molecule has 98 heavy (non-hydrogen) atoms. The van der Waals surface area contributed by atoms with Gasteiger partial charge in [0.2, 0.25) is 0 Å². The number of carbonyl (C=O) groups excluding carboxylic acids is 1. The fourth-order valence-corrected chi connectivity index (χ4v) is 15.3. The number of nitrogens with zero attached hydrogens (tertiary/aromatic N) is 9. The van der Waals surface area contributed by atoms with E-state index in [9.17, 15) is 4.79 Å². The molecule has 4 atom stereocenters. The van der Waals surface area contributed by atoms with E-state index in [-0.39, 0.29) is 11.6 Å². The Morgan fingerprint density at radius 1 is 0.388 bits per heavy atom. The average molecular weight is 1390 g/mol. The van der Waals surface area contributed by atoms with Crippen LogP contribution in [0.3, 0.4) is 0 Å². The van der Waals surface area contributed by atoms with Crippen molar-refractivity contribution < 1.29 is 14.3 Å². The molecular weight excluding hydrogens is 1210 g/mol. The second kappa shape index (κ2) is 54.6. The van der Waals surface area contributed by atoms with Crippen molar-refractivity contribution in [2.24, 2.45) is 47.0 Å². The molecule has 9 aliphatic rings. The summed E-state index contributed by atoms with van der Waals surface area (Å²) in [6.45, 7) is 81.5. The first kappa shape index (κ1) is 95.0. The lowest BCUT2D eigenvalue weighted by Crippen LogP contribution is -2.42. The predicted octanol–water partition coefficient (Wildman–Crippen LogP) is 16.6. The fraction of sp³-hybridized carbons (Fsp3) is 0.988. The van der Waals surface area contributed by atoms with Crippen LogP contribution in [0.1, 0.15) is 302 Å². The largest absolute Gasteiger partial charge is 0.460 e. The monoisotopic (exact) mass is 1390 g/mol. The Bertz CT molecular complexity index is 1760. The van der Waals surface area contributed by atoms with Gasteiger partial charge in [-0.3, -0.25) is 9.69 Å². The van der Waals surface area contributed by atoms with Crippen molar-refractivity contribution in [3.63, 3.8) is 0 Å². The summed E-state index contributed by atoms with van der Waals surface area (Å²) < 4.78 is 10.5. The van der Waals surface area contributed by atoms with Gasteiger partial charge in [0.15, 0.2) is 0 Å². The Balaban J connectivity index is 0.000000556. The van der Waals surface area contributed by atoms with E-state index in [0.717, 1.165) is 99.1 Å². The van der Waals surface area contributed by atoms with Crippen LogP contribution in [0.4, 0.5) is 0 Å². The average Bonchev–Trinajstić information content (AvgIpc) is 2.28. The smallest absolute Gasteiger partial charge is 0.306 e. The molecule has 0 saturated carbocycles. The Kier molecular flexibility index (Phi) is 52.9. The molecule has 14 nitrogen and oxygen atoms in total. The molecule has 0 radical (unpaired) electrons. The minimum absolute atomic E-state index is 0.0474. The highest BCUT2D eigenvalue weighted by Gasteiger charge is 2.27. The minimum atomic E-state index is -0.349. The molecule has 9 saturated heterocycles. The molecule has 9 fully saturated rings. The maximum atomic E-state index is 11.6. The van der Waals surface area contributed by atoms with Gasteiger partial charge in [-0.15, -0.1) is 0 Å². The van der Waals surface area contributed by atoms with Gasteiger partial charge >= 0.3 is 5.97 Å². The van der Waals surface area contributed by atoms with Crippen molar-refractivity contribution >= 4 is 5.97 Å². The van der Waals surface area contributed by atoms with E-state index in [2.05, 4.69) is 196 Å². The van der Waals surface area contributed by atoms with Gasteiger partial charge in [0.05, 0.1) is 13.2 Å². The molecule has 0 aromatic rings. The summed E-state index contributed by atoms with van der Waals surface area (Å²) in [4.78, 5) is 34.5. The molecule has 9 aliphatic heterocycles. The van der Waals surface area contributed by atoms with Crippen LogP contribution in [0.25, 0.3) is 0 Å².